The zero-order valence-electron chi connectivity index (χ0n) is 14.8. The molecular formula is C21H17BrN4. The molecule has 0 saturated heterocycles. The summed E-state index contributed by atoms with van der Waals surface area (Å²) in [5.74, 6) is 0. The minimum atomic E-state index is 0.615. The molecule has 0 aliphatic rings. The van der Waals surface area contributed by atoms with Crippen molar-refractivity contribution in [2.75, 3.05) is 0 Å². The molecule has 0 atom stereocenters. The molecule has 128 valence electrons. The van der Waals surface area contributed by atoms with Crippen molar-refractivity contribution >= 4 is 37.7 Å². The Kier molecular flexibility index (Phi) is 4.01. The Morgan fingerprint density at radius 2 is 2.04 bits per heavy atom. The Labute approximate surface area is 160 Å². The van der Waals surface area contributed by atoms with Crippen LogP contribution in [0.4, 0.5) is 0 Å². The summed E-state index contributed by atoms with van der Waals surface area (Å²) in [6, 6.07) is 12.3. The molecule has 4 nitrogen and oxygen atoms in total. The third-order valence-corrected chi connectivity index (χ3v) is 5.54. The Hall–Kier alpha value is -2.71. The fourth-order valence-corrected chi connectivity index (χ4v) is 3.93. The van der Waals surface area contributed by atoms with E-state index in [9.17, 15) is 0 Å². The zero-order chi connectivity index (χ0) is 18.4. The van der Waals surface area contributed by atoms with Gasteiger partial charge in [0.2, 0.25) is 0 Å². The van der Waals surface area contributed by atoms with Crippen molar-refractivity contribution in [1.29, 1.82) is 5.26 Å². The quantitative estimate of drug-likeness (QED) is 0.455. The van der Waals surface area contributed by atoms with Crippen molar-refractivity contribution < 1.29 is 0 Å². The molecule has 0 fully saturated rings. The lowest BCUT2D eigenvalue weighted by atomic mass is 9.99. The predicted molar refractivity (Wildman–Crippen MR) is 108 cm³/mol. The van der Waals surface area contributed by atoms with Crippen LogP contribution >= 0.6 is 15.9 Å². The van der Waals surface area contributed by atoms with Crippen LogP contribution < -0.4 is 0 Å². The molecule has 0 saturated carbocycles. The Bertz CT molecular complexity index is 1210. The van der Waals surface area contributed by atoms with E-state index in [0.717, 1.165) is 44.0 Å². The molecule has 2 aromatic heterocycles. The second-order valence-electron chi connectivity index (χ2n) is 6.45. The number of hydrogen-bond acceptors (Lipinski definition) is 3. The molecule has 4 rings (SSSR count). The molecule has 0 amide bonds. The minimum absolute atomic E-state index is 0.615. The van der Waals surface area contributed by atoms with E-state index in [1.807, 2.05) is 36.1 Å². The number of pyridine rings is 1. The topological polar surface area (TPSA) is 54.5 Å². The van der Waals surface area contributed by atoms with E-state index < -0.39 is 0 Å². The molecule has 0 bridgehead atoms. The summed E-state index contributed by atoms with van der Waals surface area (Å²) in [6.07, 6.45) is 2.88. The molecule has 5 heteroatoms. The average molecular weight is 405 g/mol. The second kappa shape index (κ2) is 6.22. The first-order valence-corrected chi connectivity index (χ1v) is 9.27. The van der Waals surface area contributed by atoms with Gasteiger partial charge < -0.3 is 0 Å². The number of aromatic nitrogens is 3. The van der Waals surface area contributed by atoms with Crippen molar-refractivity contribution in [3.63, 3.8) is 0 Å². The molecule has 0 spiro atoms. The van der Waals surface area contributed by atoms with Crippen molar-refractivity contribution in [1.82, 2.24) is 14.8 Å². The van der Waals surface area contributed by atoms with E-state index in [2.05, 4.69) is 53.0 Å². The summed E-state index contributed by atoms with van der Waals surface area (Å²) >= 11 is 3.49. The van der Waals surface area contributed by atoms with Gasteiger partial charge in [0.1, 0.15) is 11.8 Å². The van der Waals surface area contributed by atoms with Gasteiger partial charge >= 0.3 is 0 Å². The highest BCUT2D eigenvalue weighted by Crippen LogP contribution is 2.35. The van der Waals surface area contributed by atoms with Crippen LogP contribution in [0.15, 0.2) is 41.0 Å². The first-order valence-electron chi connectivity index (χ1n) is 8.48. The van der Waals surface area contributed by atoms with Crippen molar-refractivity contribution in [3.05, 3.63) is 57.7 Å². The van der Waals surface area contributed by atoms with Gasteiger partial charge in [-0.25, -0.2) is 0 Å². The first kappa shape index (κ1) is 16.7. The molecule has 26 heavy (non-hydrogen) atoms. The van der Waals surface area contributed by atoms with Crippen LogP contribution in [0.5, 0.6) is 0 Å². The third kappa shape index (κ3) is 2.49. The number of nitrogens with zero attached hydrogens (tertiary/aromatic N) is 4. The average Bonchev–Trinajstić information content (AvgIpc) is 2.98. The number of nitriles is 1. The lowest BCUT2D eigenvalue weighted by molar-refractivity contribution is 0.799. The van der Waals surface area contributed by atoms with E-state index in [1.165, 1.54) is 11.1 Å². The Balaban J connectivity index is 2.08. The summed E-state index contributed by atoms with van der Waals surface area (Å²) in [5, 5.41) is 16.1. The largest absolute Gasteiger partial charge is 0.266 e. The molecule has 4 aromatic rings. The molecule has 0 radical (unpaired) electrons. The van der Waals surface area contributed by atoms with E-state index in [4.69, 9.17) is 10.4 Å². The van der Waals surface area contributed by atoms with Crippen molar-refractivity contribution in [2.45, 2.75) is 20.3 Å². The SMILES string of the molecule is CCc1cc2ncc3c(c(-c4ccc(C#N)c(Br)c4)nn3C)c2cc1C. The van der Waals surface area contributed by atoms with Gasteiger partial charge in [-0.1, -0.05) is 13.0 Å². The number of rotatable bonds is 2. The van der Waals surface area contributed by atoms with Crippen LogP contribution in [0.25, 0.3) is 33.1 Å². The maximum absolute atomic E-state index is 9.17. The summed E-state index contributed by atoms with van der Waals surface area (Å²) in [5.41, 5.74) is 7.07. The van der Waals surface area contributed by atoms with Crippen LogP contribution in [0.1, 0.15) is 23.6 Å². The Morgan fingerprint density at radius 3 is 2.73 bits per heavy atom. The van der Waals surface area contributed by atoms with Gasteiger partial charge in [0.05, 0.1) is 22.8 Å². The van der Waals surface area contributed by atoms with Crippen LogP contribution in [-0.2, 0) is 13.5 Å². The normalized spacial score (nSPS) is 11.2. The van der Waals surface area contributed by atoms with E-state index in [1.54, 1.807) is 0 Å². The number of fused-ring (bicyclic) bond motifs is 3. The number of aryl methyl sites for hydroxylation is 3. The van der Waals surface area contributed by atoms with Gasteiger partial charge in [0.15, 0.2) is 0 Å². The number of hydrogen-bond donors (Lipinski definition) is 0. The predicted octanol–water partition coefficient (Wildman–Crippen LogP) is 5.29. The second-order valence-corrected chi connectivity index (χ2v) is 7.30. The monoisotopic (exact) mass is 404 g/mol. The van der Waals surface area contributed by atoms with Gasteiger partial charge in [-0.05, 0) is 64.7 Å². The highest BCUT2D eigenvalue weighted by Gasteiger charge is 2.16. The summed E-state index contributed by atoms with van der Waals surface area (Å²) in [7, 11) is 1.94. The van der Waals surface area contributed by atoms with E-state index in [0.29, 0.717) is 5.56 Å². The zero-order valence-corrected chi connectivity index (χ0v) is 16.4. The highest BCUT2D eigenvalue weighted by atomic mass is 79.9. The fourth-order valence-electron chi connectivity index (χ4n) is 3.46. The van der Waals surface area contributed by atoms with Crippen molar-refractivity contribution in [2.24, 2.45) is 7.05 Å². The Morgan fingerprint density at radius 1 is 1.23 bits per heavy atom. The van der Waals surface area contributed by atoms with Gasteiger partial charge in [0, 0.05) is 27.9 Å². The lowest BCUT2D eigenvalue weighted by Gasteiger charge is -2.08. The minimum Gasteiger partial charge on any atom is -0.266 e. The smallest absolute Gasteiger partial charge is 0.101 e. The molecule has 0 aliphatic carbocycles. The molecule has 2 aromatic carbocycles. The molecule has 0 aliphatic heterocycles. The number of benzene rings is 2. The van der Waals surface area contributed by atoms with Gasteiger partial charge in [-0.15, -0.1) is 0 Å². The van der Waals surface area contributed by atoms with Crippen LogP contribution in [-0.4, -0.2) is 14.8 Å². The van der Waals surface area contributed by atoms with Crippen LogP contribution in [0.3, 0.4) is 0 Å². The maximum atomic E-state index is 9.17. The van der Waals surface area contributed by atoms with Crippen molar-refractivity contribution in [3.8, 4) is 17.3 Å². The summed E-state index contributed by atoms with van der Waals surface area (Å²) in [6.45, 7) is 4.31. The van der Waals surface area contributed by atoms with Gasteiger partial charge in [-0.2, -0.15) is 10.4 Å². The highest BCUT2D eigenvalue weighted by molar-refractivity contribution is 9.10. The van der Waals surface area contributed by atoms with Crippen LogP contribution in [0, 0.1) is 18.3 Å². The molecular weight excluding hydrogens is 388 g/mol. The molecule has 2 heterocycles. The molecule has 0 unspecified atom stereocenters. The fraction of sp³-hybridized carbons (Fsp3) is 0.190. The van der Waals surface area contributed by atoms with E-state index >= 15 is 0 Å². The summed E-state index contributed by atoms with van der Waals surface area (Å²) < 4.78 is 2.64. The lowest BCUT2D eigenvalue weighted by Crippen LogP contribution is -1.92. The van der Waals surface area contributed by atoms with Crippen LogP contribution in [0.2, 0.25) is 0 Å². The van der Waals surface area contributed by atoms with Gasteiger partial charge in [-0.3, -0.25) is 9.67 Å². The standard InChI is InChI=1S/C21H17BrN4/c1-4-13-9-18-16(7-12(13)2)20-19(11-24-18)26(3)25-21(20)14-5-6-15(10-23)17(22)8-14/h5-9,11H,4H2,1-3H3. The molecule has 0 N–H and O–H groups in total. The first-order chi connectivity index (χ1) is 12.5. The number of halogens is 1. The van der Waals surface area contributed by atoms with Gasteiger partial charge in [0.25, 0.3) is 0 Å². The van der Waals surface area contributed by atoms with E-state index in [-0.39, 0.29) is 0 Å². The third-order valence-electron chi connectivity index (χ3n) is 4.88. The maximum Gasteiger partial charge on any atom is 0.101 e. The summed E-state index contributed by atoms with van der Waals surface area (Å²) in [4.78, 5) is 4.66.